The van der Waals surface area contributed by atoms with Gasteiger partial charge < -0.3 is 5.32 Å². The van der Waals surface area contributed by atoms with Gasteiger partial charge in [0.2, 0.25) is 0 Å². The van der Waals surface area contributed by atoms with E-state index in [1.165, 1.54) is 0 Å². The zero-order valence-electron chi connectivity index (χ0n) is 9.76. The first-order valence-corrected chi connectivity index (χ1v) is 6.21. The molecule has 0 saturated carbocycles. The normalized spacial score (nSPS) is 11.1. The van der Waals surface area contributed by atoms with Gasteiger partial charge in [-0.1, -0.05) is 13.8 Å². The minimum absolute atomic E-state index is 0.443. The molecule has 0 aliphatic carbocycles. The largest absolute Gasteiger partial charge is 0.309 e. The fourth-order valence-electron chi connectivity index (χ4n) is 1.30. The molecule has 90 valence electrons. The summed E-state index contributed by atoms with van der Waals surface area (Å²) in [5.74, 6) is 0.712. The van der Waals surface area contributed by atoms with Crippen molar-refractivity contribution in [2.24, 2.45) is 0 Å². The Morgan fingerprint density at radius 3 is 2.71 bits per heavy atom. The number of hydrogen-bond donors (Lipinski definition) is 1. The maximum atomic E-state index is 4.15. The van der Waals surface area contributed by atoms with Crippen molar-refractivity contribution in [3.63, 3.8) is 0 Å². The Labute approximate surface area is 108 Å². The Hall–Kier alpha value is -1.27. The van der Waals surface area contributed by atoms with Gasteiger partial charge in [-0.05, 0) is 28.1 Å². The van der Waals surface area contributed by atoms with Gasteiger partial charge in [0.25, 0.3) is 0 Å². The monoisotopic (exact) mass is 295 g/mol. The fraction of sp³-hybridized carbons (Fsp3) is 0.364. The van der Waals surface area contributed by atoms with E-state index >= 15 is 0 Å². The summed E-state index contributed by atoms with van der Waals surface area (Å²) in [6, 6.07) is 4.30. The second kappa shape index (κ2) is 5.37. The molecule has 2 aromatic rings. The summed E-state index contributed by atoms with van der Waals surface area (Å²) >= 11 is 3.34. The molecule has 0 bridgehead atoms. The second-order valence-electron chi connectivity index (χ2n) is 4.02. The molecule has 17 heavy (non-hydrogen) atoms. The number of halogens is 1. The third-order valence-electron chi connectivity index (χ3n) is 2.18. The Bertz CT molecular complexity index is 477. The molecule has 2 rings (SSSR count). The number of aromatic nitrogens is 4. The summed E-state index contributed by atoms with van der Waals surface area (Å²) in [5.41, 5.74) is 0.925. The maximum Gasteiger partial charge on any atom is 0.175 e. The van der Waals surface area contributed by atoms with Gasteiger partial charge in [-0.3, -0.25) is 0 Å². The van der Waals surface area contributed by atoms with Crippen molar-refractivity contribution in [3.8, 4) is 5.82 Å². The van der Waals surface area contributed by atoms with Crippen LogP contribution in [0.3, 0.4) is 0 Å². The van der Waals surface area contributed by atoms with E-state index in [1.807, 2.05) is 18.3 Å². The Balaban J connectivity index is 2.07. The second-order valence-corrected chi connectivity index (χ2v) is 4.94. The van der Waals surface area contributed by atoms with Crippen molar-refractivity contribution in [1.29, 1.82) is 0 Å². The predicted octanol–water partition coefficient (Wildman–Crippen LogP) is 1.92. The number of nitrogens with one attached hydrogen (secondary N) is 1. The smallest absolute Gasteiger partial charge is 0.175 e. The van der Waals surface area contributed by atoms with E-state index < -0.39 is 0 Å². The highest BCUT2D eigenvalue weighted by Crippen LogP contribution is 2.10. The summed E-state index contributed by atoms with van der Waals surface area (Å²) < 4.78 is 2.60. The van der Waals surface area contributed by atoms with E-state index in [0.717, 1.165) is 16.7 Å². The molecular formula is C11H14BrN5. The lowest BCUT2D eigenvalue weighted by molar-refractivity contribution is 0.576. The average Bonchev–Trinajstić information content (AvgIpc) is 2.74. The van der Waals surface area contributed by atoms with Crippen molar-refractivity contribution in [2.75, 3.05) is 0 Å². The van der Waals surface area contributed by atoms with Gasteiger partial charge in [-0.25, -0.2) is 4.68 Å². The molecule has 0 aliphatic heterocycles. The molecule has 5 nitrogen and oxygen atoms in total. The van der Waals surface area contributed by atoms with Crippen molar-refractivity contribution in [2.45, 2.75) is 26.4 Å². The number of nitrogens with zero attached hydrogens (tertiary/aromatic N) is 4. The fourth-order valence-corrected chi connectivity index (χ4v) is 1.59. The van der Waals surface area contributed by atoms with Crippen LogP contribution in [0.15, 0.2) is 29.0 Å². The van der Waals surface area contributed by atoms with Crippen molar-refractivity contribution >= 4 is 15.9 Å². The van der Waals surface area contributed by atoms with E-state index in [1.54, 1.807) is 10.9 Å². The number of hydrogen-bond acceptors (Lipinski definition) is 4. The van der Waals surface area contributed by atoms with Gasteiger partial charge in [0.05, 0.1) is 16.4 Å². The molecule has 2 heterocycles. The molecule has 0 spiro atoms. The Morgan fingerprint density at radius 2 is 2.18 bits per heavy atom. The highest BCUT2D eigenvalue weighted by Gasteiger charge is 2.02. The Morgan fingerprint density at radius 1 is 1.35 bits per heavy atom. The van der Waals surface area contributed by atoms with Crippen molar-refractivity contribution in [3.05, 3.63) is 34.7 Å². The van der Waals surface area contributed by atoms with Gasteiger partial charge in [0.1, 0.15) is 0 Å². The highest BCUT2D eigenvalue weighted by molar-refractivity contribution is 9.10. The summed E-state index contributed by atoms with van der Waals surface area (Å²) in [7, 11) is 0. The van der Waals surface area contributed by atoms with E-state index in [9.17, 15) is 0 Å². The highest BCUT2D eigenvalue weighted by atomic mass is 79.9. The summed E-state index contributed by atoms with van der Waals surface area (Å²) in [4.78, 5) is 0. The van der Waals surface area contributed by atoms with Gasteiger partial charge in [0, 0.05) is 18.8 Å². The SMILES string of the molecule is CC(C)NCc1ccc(-n2cc(Br)cn2)nn1. The van der Waals surface area contributed by atoms with Gasteiger partial charge in [-0.15, -0.1) is 5.10 Å². The van der Waals surface area contributed by atoms with Crippen LogP contribution >= 0.6 is 15.9 Å². The van der Waals surface area contributed by atoms with Crippen molar-refractivity contribution < 1.29 is 0 Å². The topological polar surface area (TPSA) is 55.6 Å². The lowest BCUT2D eigenvalue weighted by Gasteiger charge is -2.07. The first kappa shape index (κ1) is 12.2. The molecule has 6 heteroatoms. The van der Waals surface area contributed by atoms with Crippen LogP contribution in [-0.2, 0) is 6.54 Å². The summed E-state index contributed by atoms with van der Waals surface area (Å²) in [6.07, 6.45) is 3.56. The van der Waals surface area contributed by atoms with Crippen LogP contribution in [-0.4, -0.2) is 26.0 Å². The van der Waals surface area contributed by atoms with Crippen LogP contribution in [0, 0.1) is 0 Å². The quantitative estimate of drug-likeness (QED) is 0.936. The lowest BCUT2D eigenvalue weighted by Crippen LogP contribution is -2.22. The van der Waals surface area contributed by atoms with Gasteiger partial charge in [0.15, 0.2) is 5.82 Å². The predicted molar refractivity (Wildman–Crippen MR) is 68.8 cm³/mol. The van der Waals surface area contributed by atoms with Crippen LogP contribution in [0.4, 0.5) is 0 Å². The first-order chi connectivity index (χ1) is 8.15. The average molecular weight is 296 g/mol. The molecule has 0 aliphatic rings. The molecule has 0 atom stereocenters. The molecule has 0 amide bonds. The van der Waals surface area contributed by atoms with Crippen LogP contribution < -0.4 is 5.32 Å². The van der Waals surface area contributed by atoms with Gasteiger partial charge in [-0.2, -0.15) is 10.2 Å². The standard InChI is InChI=1S/C11H14BrN5/c1-8(2)13-6-10-3-4-11(16-15-10)17-7-9(12)5-14-17/h3-5,7-8,13H,6H2,1-2H3. The third kappa shape index (κ3) is 3.34. The third-order valence-corrected chi connectivity index (χ3v) is 2.59. The summed E-state index contributed by atoms with van der Waals surface area (Å²) in [6.45, 7) is 4.93. The van der Waals surface area contributed by atoms with Crippen LogP contribution in [0.5, 0.6) is 0 Å². The van der Waals surface area contributed by atoms with E-state index in [4.69, 9.17) is 0 Å². The van der Waals surface area contributed by atoms with E-state index in [2.05, 4.69) is 50.4 Å². The van der Waals surface area contributed by atoms with Gasteiger partial charge >= 0.3 is 0 Å². The molecule has 0 aromatic carbocycles. The lowest BCUT2D eigenvalue weighted by atomic mass is 10.3. The minimum atomic E-state index is 0.443. The molecule has 1 N–H and O–H groups in total. The maximum absolute atomic E-state index is 4.15. The van der Waals surface area contributed by atoms with Crippen LogP contribution in [0.2, 0.25) is 0 Å². The molecule has 0 saturated heterocycles. The Kier molecular flexibility index (Phi) is 3.86. The summed E-state index contributed by atoms with van der Waals surface area (Å²) in [5, 5.41) is 15.7. The minimum Gasteiger partial charge on any atom is -0.309 e. The first-order valence-electron chi connectivity index (χ1n) is 5.41. The molecular weight excluding hydrogens is 282 g/mol. The molecule has 0 radical (unpaired) electrons. The van der Waals surface area contributed by atoms with E-state index in [0.29, 0.717) is 11.9 Å². The number of rotatable bonds is 4. The van der Waals surface area contributed by atoms with Crippen LogP contribution in [0.25, 0.3) is 5.82 Å². The molecule has 0 fully saturated rings. The molecule has 2 aromatic heterocycles. The van der Waals surface area contributed by atoms with E-state index in [-0.39, 0.29) is 0 Å². The van der Waals surface area contributed by atoms with Crippen molar-refractivity contribution in [1.82, 2.24) is 25.3 Å². The zero-order chi connectivity index (χ0) is 12.3. The van der Waals surface area contributed by atoms with Crippen LogP contribution in [0.1, 0.15) is 19.5 Å². The zero-order valence-corrected chi connectivity index (χ0v) is 11.3. The molecule has 0 unspecified atom stereocenters.